The Labute approximate surface area is 97.7 Å². The molecule has 6 heteroatoms. The van der Waals surface area contributed by atoms with Crippen molar-refractivity contribution in [1.82, 2.24) is 15.0 Å². The fraction of sp³-hybridized carbons (Fsp3) is 0.182. The highest BCUT2D eigenvalue weighted by atomic mass is 16.4. The highest BCUT2D eigenvalue weighted by molar-refractivity contribution is 5.67. The summed E-state index contributed by atoms with van der Waals surface area (Å²) in [6.45, 7) is 0.301. The number of aromatic nitrogens is 3. The average molecular weight is 232 g/mol. The molecule has 6 nitrogen and oxygen atoms in total. The van der Waals surface area contributed by atoms with Crippen LogP contribution in [0.15, 0.2) is 30.5 Å². The van der Waals surface area contributed by atoms with Gasteiger partial charge in [0.05, 0.1) is 24.9 Å². The maximum atomic E-state index is 10.5. The number of carboxylic acids is 1. The molecule has 88 valence electrons. The first-order valence-corrected chi connectivity index (χ1v) is 5.13. The van der Waals surface area contributed by atoms with Crippen molar-refractivity contribution in [2.75, 3.05) is 5.73 Å². The van der Waals surface area contributed by atoms with Crippen LogP contribution in [-0.4, -0.2) is 26.1 Å². The number of carboxylic acid groups (broad SMARTS) is 1. The predicted molar refractivity (Wildman–Crippen MR) is 62.1 cm³/mol. The van der Waals surface area contributed by atoms with E-state index in [4.69, 9.17) is 10.8 Å². The van der Waals surface area contributed by atoms with Gasteiger partial charge < -0.3 is 10.8 Å². The van der Waals surface area contributed by atoms with Gasteiger partial charge in [0.15, 0.2) is 0 Å². The summed E-state index contributed by atoms with van der Waals surface area (Å²) in [5.41, 5.74) is 7.97. The normalized spacial score (nSPS) is 10.4. The van der Waals surface area contributed by atoms with E-state index in [-0.39, 0.29) is 6.42 Å². The number of anilines is 1. The van der Waals surface area contributed by atoms with Gasteiger partial charge in [0.1, 0.15) is 0 Å². The number of hydrogen-bond acceptors (Lipinski definition) is 4. The molecule has 0 fully saturated rings. The lowest BCUT2D eigenvalue weighted by Crippen LogP contribution is -2.07. The zero-order valence-electron chi connectivity index (χ0n) is 9.08. The van der Waals surface area contributed by atoms with Crippen molar-refractivity contribution in [2.24, 2.45) is 0 Å². The van der Waals surface area contributed by atoms with Crippen LogP contribution in [0.25, 0.3) is 11.3 Å². The van der Waals surface area contributed by atoms with Gasteiger partial charge in [0.2, 0.25) is 0 Å². The molecule has 0 aliphatic heterocycles. The minimum Gasteiger partial charge on any atom is -0.481 e. The van der Waals surface area contributed by atoms with Gasteiger partial charge in [-0.15, -0.1) is 5.10 Å². The molecule has 0 spiro atoms. The van der Waals surface area contributed by atoms with Crippen molar-refractivity contribution in [3.8, 4) is 11.3 Å². The lowest BCUT2D eigenvalue weighted by atomic mass is 10.1. The summed E-state index contributed by atoms with van der Waals surface area (Å²) >= 11 is 0. The highest BCUT2D eigenvalue weighted by Crippen LogP contribution is 2.19. The first kappa shape index (κ1) is 11.1. The Morgan fingerprint density at radius 3 is 2.71 bits per heavy atom. The molecular formula is C11H12N4O2. The van der Waals surface area contributed by atoms with Crippen LogP contribution >= 0.6 is 0 Å². The summed E-state index contributed by atoms with van der Waals surface area (Å²) < 4.78 is 1.57. The Morgan fingerprint density at radius 1 is 1.35 bits per heavy atom. The van der Waals surface area contributed by atoms with Crippen LogP contribution in [0.1, 0.15) is 6.42 Å². The first-order chi connectivity index (χ1) is 8.16. The predicted octanol–water partition coefficient (Wildman–Crippen LogP) is 1.00. The number of carbonyl (C=O) groups is 1. The van der Waals surface area contributed by atoms with Crippen LogP contribution in [0.3, 0.4) is 0 Å². The molecule has 3 N–H and O–H groups in total. The fourth-order valence-corrected chi connectivity index (χ4v) is 1.50. The lowest BCUT2D eigenvalue weighted by Gasteiger charge is -2.04. The van der Waals surface area contributed by atoms with Gasteiger partial charge in [0, 0.05) is 11.3 Å². The molecule has 1 aromatic carbocycles. The van der Waals surface area contributed by atoms with Crippen molar-refractivity contribution in [3.63, 3.8) is 0 Å². The second kappa shape index (κ2) is 4.65. The quantitative estimate of drug-likeness (QED) is 0.767. The van der Waals surface area contributed by atoms with E-state index >= 15 is 0 Å². The van der Waals surface area contributed by atoms with Crippen LogP contribution in [0, 0.1) is 0 Å². The number of aryl methyl sites for hydroxylation is 1. The van der Waals surface area contributed by atoms with Crippen molar-refractivity contribution in [1.29, 1.82) is 0 Å². The van der Waals surface area contributed by atoms with Gasteiger partial charge >= 0.3 is 5.97 Å². The topological polar surface area (TPSA) is 94.0 Å². The molecule has 0 radical (unpaired) electrons. The maximum absolute atomic E-state index is 10.5. The van der Waals surface area contributed by atoms with E-state index in [1.54, 1.807) is 23.0 Å². The largest absolute Gasteiger partial charge is 0.481 e. The molecule has 0 unspecified atom stereocenters. The summed E-state index contributed by atoms with van der Waals surface area (Å²) in [5, 5.41) is 16.3. The molecule has 17 heavy (non-hydrogen) atoms. The zero-order valence-corrected chi connectivity index (χ0v) is 9.08. The molecule has 0 bridgehead atoms. The van der Waals surface area contributed by atoms with Crippen LogP contribution in [0.4, 0.5) is 5.69 Å². The Balaban J connectivity index is 2.24. The molecular weight excluding hydrogens is 220 g/mol. The summed E-state index contributed by atoms with van der Waals surface area (Å²) in [6.07, 6.45) is 1.62. The van der Waals surface area contributed by atoms with Crippen molar-refractivity contribution >= 4 is 11.7 Å². The molecule has 1 aromatic heterocycles. The number of benzene rings is 1. The summed E-state index contributed by atoms with van der Waals surface area (Å²) in [4.78, 5) is 10.5. The monoisotopic (exact) mass is 232 g/mol. The minimum absolute atomic E-state index is 0.0192. The van der Waals surface area contributed by atoms with E-state index < -0.39 is 5.97 Å². The molecule has 0 saturated heterocycles. The molecule has 0 aliphatic rings. The van der Waals surface area contributed by atoms with E-state index in [0.717, 1.165) is 11.3 Å². The van der Waals surface area contributed by atoms with Gasteiger partial charge in [-0.25, -0.2) is 4.68 Å². The van der Waals surface area contributed by atoms with Gasteiger partial charge in [-0.2, -0.15) is 0 Å². The van der Waals surface area contributed by atoms with E-state index in [2.05, 4.69) is 10.3 Å². The summed E-state index contributed by atoms with van der Waals surface area (Å²) in [7, 11) is 0. The third-order valence-electron chi connectivity index (χ3n) is 2.36. The Bertz CT molecular complexity index is 519. The zero-order chi connectivity index (χ0) is 12.3. The average Bonchev–Trinajstić information content (AvgIpc) is 2.75. The van der Waals surface area contributed by atoms with Gasteiger partial charge in [-0.1, -0.05) is 17.3 Å². The van der Waals surface area contributed by atoms with E-state index in [1.807, 2.05) is 12.1 Å². The first-order valence-electron chi connectivity index (χ1n) is 5.13. The number of nitrogen functional groups attached to an aromatic ring is 1. The molecule has 0 amide bonds. The molecule has 0 aliphatic carbocycles. The Hall–Kier alpha value is -2.37. The number of aliphatic carboxylic acids is 1. The summed E-state index contributed by atoms with van der Waals surface area (Å²) in [5.74, 6) is -0.858. The SMILES string of the molecule is Nc1ccc(-c2cnnn2CCC(=O)O)cc1. The second-order valence-electron chi connectivity index (χ2n) is 3.61. The van der Waals surface area contributed by atoms with Crippen molar-refractivity contribution in [2.45, 2.75) is 13.0 Å². The van der Waals surface area contributed by atoms with Crippen LogP contribution in [0.2, 0.25) is 0 Å². The van der Waals surface area contributed by atoms with Crippen LogP contribution in [0.5, 0.6) is 0 Å². The summed E-state index contributed by atoms with van der Waals surface area (Å²) in [6, 6.07) is 7.27. The van der Waals surface area contributed by atoms with Gasteiger partial charge in [-0.05, 0) is 12.1 Å². The second-order valence-corrected chi connectivity index (χ2v) is 3.61. The molecule has 1 heterocycles. The standard InChI is InChI=1S/C11H12N4O2/c12-9-3-1-8(2-4-9)10-7-13-14-15(10)6-5-11(16)17/h1-4,7H,5-6,12H2,(H,16,17). The number of rotatable bonds is 4. The minimum atomic E-state index is -0.858. The van der Waals surface area contributed by atoms with E-state index in [9.17, 15) is 4.79 Å². The van der Waals surface area contributed by atoms with Crippen LogP contribution < -0.4 is 5.73 Å². The van der Waals surface area contributed by atoms with E-state index in [0.29, 0.717) is 12.2 Å². The molecule has 2 aromatic rings. The van der Waals surface area contributed by atoms with Gasteiger partial charge in [0.25, 0.3) is 0 Å². The lowest BCUT2D eigenvalue weighted by molar-refractivity contribution is -0.137. The van der Waals surface area contributed by atoms with Crippen molar-refractivity contribution in [3.05, 3.63) is 30.5 Å². The number of hydrogen-bond donors (Lipinski definition) is 2. The van der Waals surface area contributed by atoms with Gasteiger partial charge in [-0.3, -0.25) is 4.79 Å². The Morgan fingerprint density at radius 2 is 2.06 bits per heavy atom. The third kappa shape index (κ3) is 2.60. The smallest absolute Gasteiger partial charge is 0.305 e. The third-order valence-corrected chi connectivity index (χ3v) is 2.36. The molecule has 2 rings (SSSR count). The van der Waals surface area contributed by atoms with E-state index in [1.165, 1.54) is 0 Å². The highest BCUT2D eigenvalue weighted by Gasteiger charge is 2.07. The fourth-order valence-electron chi connectivity index (χ4n) is 1.50. The molecule has 0 saturated carbocycles. The molecule has 0 atom stereocenters. The van der Waals surface area contributed by atoms with Crippen LogP contribution in [-0.2, 0) is 11.3 Å². The Kier molecular flexibility index (Phi) is 3.04. The maximum Gasteiger partial charge on any atom is 0.305 e. The number of nitrogens with zero attached hydrogens (tertiary/aromatic N) is 3. The number of nitrogens with two attached hydrogens (primary N) is 1. The van der Waals surface area contributed by atoms with Crippen molar-refractivity contribution < 1.29 is 9.90 Å².